The summed E-state index contributed by atoms with van der Waals surface area (Å²) in [6.45, 7) is 4.03. The molecule has 6 heterocycles. The van der Waals surface area contributed by atoms with Crippen LogP contribution < -0.4 is 16.0 Å². The summed E-state index contributed by atoms with van der Waals surface area (Å²) >= 11 is 0. The molecule has 0 radical (unpaired) electrons. The van der Waals surface area contributed by atoms with Crippen LogP contribution in [0, 0.1) is 0 Å². The number of fused-ring (bicyclic) bond motifs is 2. The Hall–Kier alpha value is -4.51. The predicted molar refractivity (Wildman–Crippen MR) is 134 cm³/mol. The molecule has 1 aliphatic heterocycles. The molecule has 11 heteroatoms. The van der Waals surface area contributed by atoms with Crippen molar-refractivity contribution in [1.29, 1.82) is 0 Å². The summed E-state index contributed by atoms with van der Waals surface area (Å²) in [6.07, 6.45) is 8.73. The minimum absolute atomic E-state index is 0.377. The number of hydrogen-bond donors (Lipinski definition) is 3. The average Bonchev–Trinajstić information content (AvgIpc) is 3.49. The third kappa shape index (κ3) is 3.91. The van der Waals surface area contributed by atoms with E-state index in [-0.39, 0.29) is 0 Å². The zero-order valence-electron chi connectivity index (χ0n) is 19.1. The first-order valence-corrected chi connectivity index (χ1v) is 11.3. The molecule has 0 bridgehead atoms. The van der Waals surface area contributed by atoms with Crippen LogP contribution >= 0.6 is 0 Å². The van der Waals surface area contributed by atoms with E-state index in [4.69, 9.17) is 5.73 Å². The minimum atomic E-state index is -0.513. The summed E-state index contributed by atoms with van der Waals surface area (Å²) in [5, 5.41) is 8.27. The molecular formula is C24H24N10O. The molecule has 11 nitrogen and oxygen atoms in total. The van der Waals surface area contributed by atoms with Crippen molar-refractivity contribution >= 4 is 39.9 Å². The number of likely N-dealkylation sites (N-methyl/N-ethyl adjacent to an activating group) is 1. The number of aromatic amines is 1. The van der Waals surface area contributed by atoms with E-state index in [0.717, 1.165) is 54.2 Å². The predicted octanol–water partition coefficient (Wildman–Crippen LogP) is 2.26. The number of nitrogens with zero attached hydrogens (tertiary/aromatic N) is 7. The second kappa shape index (κ2) is 8.37. The maximum atomic E-state index is 11.7. The summed E-state index contributed by atoms with van der Waals surface area (Å²) in [7, 11) is 2.14. The van der Waals surface area contributed by atoms with E-state index < -0.39 is 5.91 Å². The van der Waals surface area contributed by atoms with E-state index in [1.54, 1.807) is 23.1 Å². The van der Waals surface area contributed by atoms with Gasteiger partial charge in [-0.1, -0.05) is 0 Å². The van der Waals surface area contributed by atoms with Gasteiger partial charge in [-0.25, -0.2) is 14.5 Å². The first-order chi connectivity index (χ1) is 17.0. The van der Waals surface area contributed by atoms with Gasteiger partial charge in [0.2, 0.25) is 5.95 Å². The molecule has 1 saturated heterocycles. The highest BCUT2D eigenvalue weighted by atomic mass is 16.1. The lowest BCUT2D eigenvalue weighted by Crippen LogP contribution is -2.44. The van der Waals surface area contributed by atoms with E-state index in [1.807, 2.05) is 30.5 Å². The first-order valence-electron chi connectivity index (χ1n) is 11.3. The van der Waals surface area contributed by atoms with Crippen LogP contribution in [0.4, 0.5) is 17.5 Å². The topological polar surface area (TPSA) is 133 Å². The molecule has 176 valence electrons. The Kier molecular flexibility index (Phi) is 5.03. The van der Waals surface area contributed by atoms with Crippen LogP contribution in [0.1, 0.15) is 10.4 Å². The SMILES string of the molecule is CN1CCN(c2ccc(Nc3ncc4c(-c5ccn6ncc(C(N)=O)c6c5)c[nH]c4n3)cn2)CC1. The summed E-state index contributed by atoms with van der Waals surface area (Å²) in [4.78, 5) is 33.3. The molecule has 4 N–H and O–H groups in total. The summed E-state index contributed by atoms with van der Waals surface area (Å²) in [5.41, 5.74) is 9.85. The van der Waals surface area contributed by atoms with Crippen LogP contribution in [0.5, 0.6) is 0 Å². The van der Waals surface area contributed by atoms with E-state index in [0.29, 0.717) is 22.7 Å². The standard InChI is InChI=1S/C24H24N10O/c1-32-6-8-33(9-7-32)21-3-2-16(11-26-21)30-24-28-13-18-17(12-27-23(18)31-24)15-4-5-34-20(10-15)19(14-29-34)22(25)35/h2-5,10-14H,6-9H2,1H3,(H2,25,35)(H2,27,28,30,31). The van der Waals surface area contributed by atoms with Crippen molar-refractivity contribution in [3.8, 4) is 11.1 Å². The molecule has 5 aromatic heterocycles. The van der Waals surface area contributed by atoms with E-state index in [9.17, 15) is 4.79 Å². The highest BCUT2D eigenvalue weighted by Crippen LogP contribution is 2.29. The number of carbonyl (C=O) groups excluding carboxylic acids is 1. The van der Waals surface area contributed by atoms with E-state index in [1.165, 1.54) is 6.20 Å². The van der Waals surface area contributed by atoms with Gasteiger partial charge in [0.05, 0.1) is 29.2 Å². The molecule has 5 aromatic rings. The summed E-state index contributed by atoms with van der Waals surface area (Å²) < 4.78 is 1.62. The van der Waals surface area contributed by atoms with Gasteiger partial charge in [-0.3, -0.25) is 4.79 Å². The highest BCUT2D eigenvalue weighted by molar-refractivity contribution is 6.01. The third-order valence-electron chi connectivity index (χ3n) is 6.36. The van der Waals surface area contributed by atoms with Crippen molar-refractivity contribution in [2.24, 2.45) is 5.73 Å². The molecule has 1 amide bonds. The normalized spacial score (nSPS) is 14.6. The number of amides is 1. The Balaban J connectivity index is 1.23. The van der Waals surface area contributed by atoms with E-state index in [2.05, 4.69) is 47.2 Å². The van der Waals surface area contributed by atoms with Crippen molar-refractivity contribution in [2.75, 3.05) is 43.4 Å². The summed E-state index contributed by atoms with van der Waals surface area (Å²) in [5.74, 6) is 0.937. The maximum Gasteiger partial charge on any atom is 0.252 e. The van der Waals surface area contributed by atoms with Crippen molar-refractivity contribution in [3.05, 3.63) is 60.8 Å². The molecule has 35 heavy (non-hydrogen) atoms. The Bertz CT molecular complexity index is 1530. The Morgan fingerprint density at radius 2 is 1.94 bits per heavy atom. The highest BCUT2D eigenvalue weighted by Gasteiger charge is 2.16. The molecule has 0 spiro atoms. The van der Waals surface area contributed by atoms with Gasteiger partial charge >= 0.3 is 0 Å². The van der Waals surface area contributed by atoms with Crippen molar-refractivity contribution < 1.29 is 4.79 Å². The minimum Gasteiger partial charge on any atom is -0.365 e. The zero-order valence-corrected chi connectivity index (χ0v) is 19.1. The monoisotopic (exact) mass is 468 g/mol. The number of carbonyl (C=O) groups is 1. The number of pyridine rings is 2. The molecule has 0 aromatic carbocycles. The number of rotatable bonds is 5. The number of H-pyrrole nitrogens is 1. The van der Waals surface area contributed by atoms with Crippen LogP contribution in [0.2, 0.25) is 0 Å². The fraction of sp³-hybridized carbons (Fsp3) is 0.208. The number of nitrogens with two attached hydrogens (primary N) is 1. The van der Waals surface area contributed by atoms with Crippen LogP contribution in [0.15, 0.2) is 55.2 Å². The molecule has 6 rings (SSSR count). The fourth-order valence-corrected chi connectivity index (χ4v) is 4.36. The molecule has 1 aliphatic rings. The van der Waals surface area contributed by atoms with Crippen LogP contribution in [-0.2, 0) is 0 Å². The quantitative estimate of drug-likeness (QED) is 0.358. The average molecular weight is 469 g/mol. The number of hydrogen-bond acceptors (Lipinski definition) is 8. The second-order valence-electron chi connectivity index (χ2n) is 8.65. The lowest BCUT2D eigenvalue weighted by molar-refractivity contribution is 0.100. The van der Waals surface area contributed by atoms with Crippen molar-refractivity contribution in [1.82, 2.24) is 34.4 Å². The number of anilines is 3. The van der Waals surface area contributed by atoms with Gasteiger partial charge in [0.1, 0.15) is 11.5 Å². The largest absolute Gasteiger partial charge is 0.365 e. The number of primary amides is 1. The Morgan fingerprint density at radius 1 is 1.09 bits per heavy atom. The molecular weight excluding hydrogens is 444 g/mol. The third-order valence-corrected chi connectivity index (χ3v) is 6.36. The van der Waals surface area contributed by atoms with Gasteiger partial charge in [0.25, 0.3) is 5.91 Å². The number of nitrogens with one attached hydrogen (secondary N) is 2. The van der Waals surface area contributed by atoms with Crippen molar-refractivity contribution in [2.45, 2.75) is 0 Å². The molecule has 0 saturated carbocycles. The van der Waals surface area contributed by atoms with Gasteiger partial charge in [-0.2, -0.15) is 10.1 Å². The fourth-order valence-electron chi connectivity index (χ4n) is 4.36. The van der Waals surface area contributed by atoms with Gasteiger partial charge in [-0.05, 0) is 36.9 Å². The molecule has 0 unspecified atom stereocenters. The van der Waals surface area contributed by atoms with Crippen molar-refractivity contribution in [3.63, 3.8) is 0 Å². The molecule has 0 aliphatic carbocycles. The van der Waals surface area contributed by atoms with E-state index >= 15 is 0 Å². The number of piperazine rings is 1. The maximum absolute atomic E-state index is 11.7. The van der Waals surface area contributed by atoms with Crippen LogP contribution in [0.25, 0.3) is 27.7 Å². The zero-order chi connectivity index (χ0) is 23.9. The lowest BCUT2D eigenvalue weighted by Gasteiger charge is -2.33. The van der Waals surface area contributed by atoms with Gasteiger partial charge in [0, 0.05) is 55.7 Å². The van der Waals surface area contributed by atoms with Crippen LogP contribution in [-0.4, -0.2) is 73.6 Å². The lowest BCUT2D eigenvalue weighted by atomic mass is 10.1. The smallest absolute Gasteiger partial charge is 0.252 e. The molecule has 0 atom stereocenters. The van der Waals surface area contributed by atoms with Gasteiger partial charge < -0.3 is 25.8 Å². The Morgan fingerprint density at radius 3 is 2.71 bits per heavy atom. The summed E-state index contributed by atoms with van der Waals surface area (Å²) in [6, 6.07) is 7.82. The van der Waals surface area contributed by atoms with Crippen LogP contribution in [0.3, 0.4) is 0 Å². The van der Waals surface area contributed by atoms with Gasteiger partial charge in [0.15, 0.2) is 0 Å². The van der Waals surface area contributed by atoms with Gasteiger partial charge in [-0.15, -0.1) is 0 Å². The first kappa shape index (κ1) is 21.1. The second-order valence-corrected chi connectivity index (χ2v) is 8.65. The molecule has 1 fully saturated rings. The Labute approximate surface area is 200 Å². The number of aromatic nitrogens is 6.